The molecule has 0 amide bonds. The Morgan fingerprint density at radius 3 is 2.42 bits per heavy atom. The zero-order chi connectivity index (χ0) is 14.0. The van der Waals surface area contributed by atoms with Gasteiger partial charge < -0.3 is 5.32 Å². The van der Waals surface area contributed by atoms with Gasteiger partial charge in [-0.15, -0.1) is 0 Å². The lowest BCUT2D eigenvalue weighted by Crippen LogP contribution is -2.02. The Kier molecular flexibility index (Phi) is 4.37. The summed E-state index contributed by atoms with van der Waals surface area (Å²) in [7, 11) is 0. The number of hydrogen-bond donors (Lipinski definition) is 1. The fraction of sp³-hybridized carbons (Fsp3) is 0.0769. The monoisotopic (exact) mass is 349 g/mol. The van der Waals surface area contributed by atoms with Crippen molar-refractivity contribution in [3.8, 4) is 0 Å². The molecule has 0 atom stereocenters. The van der Waals surface area contributed by atoms with E-state index in [1.807, 2.05) is 0 Å². The number of rotatable bonds is 3. The summed E-state index contributed by atoms with van der Waals surface area (Å²) in [5.74, 6) is -1.89. The van der Waals surface area contributed by atoms with Crippen molar-refractivity contribution >= 4 is 33.2 Å². The SMILES string of the molecule is Fc1ccc(CNc2cc(Br)c(F)cc2F)cc1Cl. The van der Waals surface area contributed by atoms with Crippen LogP contribution in [-0.2, 0) is 6.54 Å². The smallest absolute Gasteiger partial charge is 0.149 e. The maximum Gasteiger partial charge on any atom is 0.149 e. The maximum atomic E-state index is 13.5. The minimum absolute atomic E-state index is 0.0000543. The van der Waals surface area contributed by atoms with E-state index in [0.717, 1.165) is 6.07 Å². The number of anilines is 1. The molecule has 0 aliphatic rings. The van der Waals surface area contributed by atoms with Crippen molar-refractivity contribution in [2.24, 2.45) is 0 Å². The van der Waals surface area contributed by atoms with E-state index in [9.17, 15) is 13.2 Å². The molecule has 6 heteroatoms. The van der Waals surface area contributed by atoms with E-state index in [1.165, 1.54) is 24.3 Å². The second-order valence-electron chi connectivity index (χ2n) is 3.85. The molecule has 0 bridgehead atoms. The topological polar surface area (TPSA) is 12.0 Å². The maximum absolute atomic E-state index is 13.5. The Labute approximate surface area is 121 Å². The zero-order valence-electron chi connectivity index (χ0n) is 9.48. The highest BCUT2D eigenvalue weighted by Crippen LogP contribution is 2.24. The number of hydrogen-bond acceptors (Lipinski definition) is 1. The molecule has 1 nitrogen and oxygen atoms in total. The van der Waals surface area contributed by atoms with Gasteiger partial charge in [0.25, 0.3) is 0 Å². The molecule has 0 spiro atoms. The van der Waals surface area contributed by atoms with Crippen LogP contribution in [0.2, 0.25) is 5.02 Å². The minimum Gasteiger partial charge on any atom is -0.379 e. The molecule has 0 saturated heterocycles. The van der Waals surface area contributed by atoms with Crippen molar-refractivity contribution < 1.29 is 13.2 Å². The molecule has 0 aromatic heterocycles. The van der Waals surface area contributed by atoms with Crippen LogP contribution < -0.4 is 5.32 Å². The van der Waals surface area contributed by atoms with Crippen molar-refractivity contribution in [2.75, 3.05) is 5.32 Å². The highest BCUT2D eigenvalue weighted by molar-refractivity contribution is 9.10. The van der Waals surface area contributed by atoms with Gasteiger partial charge in [0.1, 0.15) is 17.5 Å². The first kappa shape index (κ1) is 14.2. The first-order chi connectivity index (χ1) is 8.97. The van der Waals surface area contributed by atoms with E-state index in [-0.39, 0.29) is 21.7 Å². The van der Waals surface area contributed by atoms with Crippen molar-refractivity contribution in [1.29, 1.82) is 0 Å². The van der Waals surface area contributed by atoms with Crippen LogP contribution in [0.15, 0.2) is 34.8 Å². The van der Waals surface area contributed by atoms with Gasteiger partial charge in [-0.05, 0) is 39.7 Å². The lowest BCUT2D eigenvalue weighted by atomic mass is 10.2. The number of nitrogens with one attached hydrogen (secondary N) is 1. The molecule has 2 aromatic carbocycles. The molecule has 0 radical (unpaired) electrons. The molecule has 0 aliphatic carbocycles. The standard InChI is InChI=1S/C13H8BrClF3N/c14-8-4-13(12(18)5-11(8)17)19-6-7-1-2-10(16)9(15)3-7/h1-5,19H,6H2. The van der Waals surface area contributed by atoms with E-state index >= 15 is 0 Å². The zero-order valence-corrected chi connectivity index (χ0v) is 11.8. The molecule has 2 aromatic rings. The van der Waals surface area contributed by atoms with E-state index < -0.39 is 17.5 Å². The molecule has 2 rings (SSSR count). The van der Waals surface area contributed by atoms with Crippen LogP contribution in [0.3, 0.4) is 0 Å². The highest BCUT2D eigenvalue weighted by Gasteiger charge is 2.08. The van der Waals surface area contributed by atoms with Gasteiger partial charge in [-0.3, -0.25) is 0 Å². The summed E-state index contributed by atoms with van der Waals surface area (Å²) in [6.07, 6.45) is 0. The average Bonchev–Trinajstić information content (AvgIpc) is 2.36. The highest BCUT2D eigenvalue weighted by atomic mass is 79.9. The summed E-state index contributed by atoms with van der Waals surface area (Å²) in [5.41, 5.74) is 0.833. The van der Waals surface area contributed by atoms with Gasteiger partial charge in [0, 0.05) is 12.6 Å². The summed E-state index contributed by atoms with van der Waals surface area (Å²) in [6, 6.07) is 6.29. The lowest BCUT2D eigenvalue weighted by Gasteiger charge is -2.09. The van der Waals surface area contributed by atoms with E-state index in [1.54, 1.807) is 0 Å². The molecule has 0 saturated carbocycles. The first-order valence-electron chi connectivity index (χ1n) is 5.29. The van der Waals surface area contributed by atoms with E-state index in [0.29, 0.717) is 5.56 Å². The largest absolute Gasteiger partial charge is 0.379 e. The van der Waals surface area contributed by atoms with Crippen LogP contribution in [-0.4, -0.2) is 0 Å². The quantitative estimate of drug-likeness (QED) is 0.757. The van der Waals surface area contributed by atoms with Crippen LogP contribution in [0, 0.1) is 17.5 Å². The fourth-order valence-corrected chi connectivity index (χ4v) is 2.05. The second-order valence-corrected chi connectivity index (χ2v) is 5.11. The molecule has 19 heavy (non-hydrogen) atoms. The summed E-state index contributed by atoms with van der Waals surface area (Å²) in [6.45, 7) is 0.245. The van der Waals surface area contributed by atoms with Gasteiger partial charge in [-0.25, -0.2) is 13.2 Å². The third kappa shape index (κ3) is 3.42. The van der Waals surface area contributed by atoms with Crippen LogP contribution >= 0.6 is 27.5 Å². The average molecular weight is 351 g/mol. The fourth-order valence-electron chi connectivity index (χ4n) is 1.50. The van der Waals surface area contributed by atoms with Crippen LogP contribution in [0.4, 0.5) is 18.9 Å². The van der Waals surface area contributed by atoms with Crippen LogP contribution in [0.1, 0.15) is 5.56 Å². The number of benzene rings is 2. The molecule has 100 valence electrons. The summed E-state index contributed by atoms with van der Waals surface area (Å²) in [4.78, 5) is 0. The third-order valence-electron chi connectivity index (χ3n) is 2.48. The Morgan fingerprint density at radius 1 is 1.00 bits per heavy atom. The van der Waals surface area contributed by atoms with Crippen molar-refractivity contribution in [3.63, 3.8) is 0 Å². The Balaban J connectivity index is 2.14. The lowest BCUT2D eigenvalue weighted by molar-refractivity contribution is 0.580. The number of halogens is 5. The molecule has 0 unspecified atom stereocenters. The van der Waals surface area contributed by atoms with E-state index in [4.69, 9.17) is 11.6 Å². The summed E-state index contributed by atoms with van der Waals surface area (Å²) < 4.78 is 39.6. The molecule has 1 N–H and O–H groups in total. The van der Waals surface area contributed by atoms with Gasteiger partial charge >= 0.3 is 0 Å². The Bertz CT molecular complexity index is 619. The van der Waals surface area contributed by atoms with E-state index in [2.05, 4.69) is 21.2 Å². The van der Waals surface area contributed by atoms with Gasteiger partial charge in [0.05, 0.1) is 15.2 Å². The second kappa shape index (κ2) is 5.84. The molecule has 0 aliphatic heterocycles. The summed E-state index contributed by atoms with van der Waals surface area (Å²) in [5, 5.41) is 2.79. The summed E-state index contributed by atoms with van der Waals surface area (Å²) >= 11 is 8.61. The predicted octanol–water partition coefficient (Wildman–Crippen LogP) is 5.13. The minimum atomic E-state index is -0.700. The normalized spacial score (nSPS) is 10.6. The van der Waals surface area contributed by atoms with Gasteiger partial charge in [0.15, 0.2) is 0 Å². The van der Waals surface area contributed by atoms with Gasteiger partial charge in [-0.1, -0.05) is 17.7 Å². The molecule has 0 fully saturated rings. The molecular formula is C13H8BrClF3N. The molecule has 0 heterocycles. The van der Waals surface area contributed by atoms with Crippen molar-refractivity contribution in [1.82, 2.24) is 0 Å². The molecular weight excluding hydrogens is 343 g/mol. The Hall–Kier alpha value is -1.20. The van der Waals surface area contributed by atoms with Crippen LogP contribution in [0.25, 0.3) is 0 Å². The predicted molar refractivity (Wildman–Crippen MR) is 72.8 cm³/mol. The van der Waals surface area contributed by atoms with Crippen LogP contribution in [0.5, 0.6) is 0 Å². The Morgan fingerprint density at radius 2 is 1.74 bits per heavy atom. The van der Waals surface area contributed by atoms with Gasteiger partial charge in [-0.2, -0.15) is 0 Å². The van der Waals surface area contributed by atoms with Gasteiger partial charge in [0.2, 0.25) is 0 Å². The third-order valence-corrected chi connectivity index (χ3v) is 3.37. The van der Waals surface area contributed by atoms with Crippen molar-refractivity contribution in [3.05, 3.63) is 62.8 Å². The van der Waals surface area contributed by atoms with Crippen molar-refractivity contribution in [2.45, 2.75) is 6.54 Å². The first-order valence-corrected chi connectivity index (χ1v) is 6.47.